The topological polar surface area (TPSA) is 53.9 Å². The summed E-state index contributed by atoms with van der Waals surface area (Å²) in [5.41, 5.74) is 4.09. The third kappa shape index (κ3) is 3.98. The maximum atomic E-state index is 13.9. The van der Waals surface area contributed by atoms with Gasteiger partial charge in [0, 0.05) is 47.8 Å². The van der Waals surface area contributed by atoms with Crippen LogP contribution in [0.2, 0.25) is 5.02 Å². The Morgan fingerprint density at radius 1 is 1.15 bits per heavy atom. The number of quaternary nitrogens is 1. The fourth-order valence-corrected chi connectivity index (χ4v) is 4.83. The highest BCUT2D eigenvalue weighted by Crippen LogP contribution is 2.45. The van der Waals surface area contributed by atoms with Crippen LogP contribution in [0.3, 0.4) is 0 Å². The fraction of sp³-hybridized carbons (Fsp3) is 0.292. The van der Waals surface area contributed by atoms with Gasteiger partial charge in [0.1, 0.15) is 5.84 Å². The second-order valence-electron chi connectivity index (χ2n) is 8.52. The van der Waals surface area contributed by atoms with Crippen LogP contribution >= 0.6 is 11.6 Å². The van der Waals surface area contributed by atoms with E-state index in [-0.39, 0.29) is 16.4 Å². The fourth-order valence-electron chi connectivity index (χ4n) is 4.65. The number of anilines is 2. The van der Waals surface area contributed by atoms with E-state index in [0.717, 1.165) is 36.7 Å². The lowest BCUT2D eigenvalue weighted by Crippen LogP contribution is -2.54. The largest absolute Gasteiger partial charge is 0.601 e. The number of hydrogen-bond donors (Lipinski definition) is 1. The Labute approximate surface area is 200 Å². The normalized spacial score (nSPS) is 26.9. The molecule has 178 valence electrons. The third-order valence-corrected chi connectivity index (χ3v) is 6.60. The number of halogens is 4. The molecular formula is C24H23ClF3N5O. The van der Waals surface area contributed by atoms with Gasteiger partial charge < -0.3 is 15.0 Å². The number of benzene rings is 2. The molecule has 0 aliphatic carbocycles. The number of rotatable bonds is 3. The zero-order valence-electron chi connectivity index (χ0n) is 18.3. The average Bonchev–Trinajstić information content (AvgIpc) is 3.13. The van der Waals surface area contributed by atoms with Crippen molar-refractivity contribution in [3.05, 3.63) is 82.9 Å². The van der Waals surface area contributed by atoms with Gasteiger partial charge in [-0.1, -0.05) is 23.7 Å². The Morgan fingerprint density at radius 3 is 2.56 bits per heavy atom. The van der Waals surface area contributed by atoms with E-state index in [1.165, 1.54) is 24.4 Å². The lowest BCUT2D eigenvalue weighted by molar-refractivity contribution is -0.160. The highest BCUT2D eigenvalue weighted by Gasteiger charge is 2.58. The second kappa shape index (κ2) is 8.42. The maximum Gasteiger partial charge on any atom is 0.410 e. The first-order chi connectivity index (χ1) is 16.2. The summed E-state index contributed by atoms with van der Waals surface area (Å²) in [6, 6.07) is 11.6. The molecule has 1 saturated heterocycles. The summed E-state index contributed by atoms with van der Waals surface area (Å²) in [7, 11) is 0. The first-order valence-corrected chi connectivity index (χ1v) is 11.3. The molecule has 0 radical (unpaired) electrons. The number of nitrogens with one attached hydrogen (secondary N) is 1. The minimum absolute atomic E-state index is 0.0372. The van der Waals surface area contributed by atoms with Crippen LogP contribution in [0.1, 0.15) is 13.3 Å². The van der Waals surface area contributed by atoms with E-state index in [0.29, 0.717) is 0 Å². The third-order valence-electron chi connectivity index (χ3n) is 6.37. The molecule has 1 fully saturated rings. The predicted octanol–water partition coefficient (Wildman–Crippen LogP) is 5.71. The quantitative estimate of drug-likeness (QED) is 0.443. The number of amidine groups is 1. The van der Waals surface area contributed by atoms with Crippen molar-refractivity contribution < 1.29 is 13.2 Å². The van der Waals surface area contributed by atoms with Crippen molar-refractivity contribution in [2.45, 2.75) is 25.6 Å². The number of hydrogen-bond acceptors (Lipinski definition) is 5. The van der Waals surface area contributed by atoms with Gasteiger partial charge >= 0.3 is 6.18 Å². The van der Waals surface area contributed by atoms with Gasteiger partial charge in [0.2, 0.25) is 0 Å². The lowest BCUT2D eigenvalue weighted by Gasteiger charge is -2.39. The van der Waals surface area contributed by atoms with Gasteiger partial charge in [0.25, 0.3) is 0 Å². The van der Waals surface area contributed by atoms with Crippen LogP contribution in [0.5, 0.6) is 0 Å². The van der Waals surface area contributed by atoms with E-state index in [1.807, 2.05) is 31.2 Å². The Bertz CT molecular complexity index is 1180. The Hall–Kier alpha value is -2.85. The predicted molar refractivity (Wildman–Crippen MR) is 129 cm³/mol. The van der Waals surface area contributed by atoms with Gasteiger partial charge in [0.15, 0.2) is 17.4 Å². The summed E-state index contributed by atoms with van der Waals surface area (Å²) in [4.78, 5) is 8.28. The minimum Gasteiger partial charge on any atom is -0.601 e. The molecule has 3 atom stereocenters. The molecule has 3 heterocycles. The number of aliphatic imine (C=N–C) groups is 1. The van der Waals surface area contributed by atoms with E-state index in [4.69, 9.17) is 11.6 Å². The van der Waals surface area contributed by atoms with Crippen LogP contribution in [0.4, 0.5) is 30.2 Å². The number of alkyl halides is 3. The summed E-state index contributed by atoms with van der Waals surface area (Å²) < 4.78 is 40.0. The molecule has 0 aromatic heterocycles. The molecule has 0 amide bonds. The SMILES string of the molecule is CC1=NCCCN1c1ccc(N2C=CC3C(=C2)[N+]([O-])(c2cccc(Cl)c2)NC3C(F)(F)F)cc1. The van der Waals surface area contributed by atoms with Crippen LogP contribution in [0, 0.1) is 11.1 Å². The van der Waals surface area contributed by atoms with E-state index < -0.39 is 22.9 Å². The number of fused-ring (bicyclic) bond motifs is 1. The van der Waals surface area contributed by atoms with Crippen molar-refractivity contribution in [1.29, 1.82) is 0 Å². The molecule has 34 heavy (non-hydrogen) atoms. The van der Waals surface area contributed by atoms with Crippen LogP contribution in [-0.4, -0.2) is 31.1 Å². The molecule has 3 unspecified atom stereocenters. The number of nitrogens with zero attached hydrogens (tertiary/aromatic N) is 4. The van der Waals surface area contributed by atoms with Crippen molar-refractivity contribution in [3.63, 3.8) is 0 Å². The van der Waals surface area contributed by atoms with E-state index in [2.05, 4.69) is 15.3 Å². The highest BCUT2D eigenvalue weighted by atomic mass is 35.5. The maximum absolute atomic E-state index is 13.9. The standard InChI is InChI=1S/C24H23ClF3N5O/c1-16-29-11-3-12-32(16)19-8-6-18(7-9-19)31-13-10-21-22(15-31)33(34,30-23(21)24(26,27)28)20-5-2-4-17(25)14-20/h2,4-10,13-15,21,23,30H,3,11-12H2,1H3. The van der Waals surface area contributed by atoms with E-state index >= 15 is 0 Å². The Balaban J connectivity index is 1.50. The molecule has 0 saturated carbocycles. The zero-order valence-corrected chi connectivity index (χ0v) is 19.1. The lowest BCUT2D eigenvalue weighted by atomic mass is 9.96. The molecule has 10 heteroatoms. The van der Waals surface area contributed by atoms with Crippen molar-refractivity contribution >= 4 is 34.5 Å². The smallest absolute Gasteiger partial charge is 0.410 e. The van der Waals surface area contributed by atoms with Crippen molar-refractivity contribution in [3.8, 4) is 0 Å². The highest BCUT2D eigenvalue weighted by molar-refractivity contribution is 6.30. The van der Waals surface area contributed by atoms with Gasteiger partial charge in [-0.05, 0) is 43.7 Å². The first-order valence-electron chi connectivity index (χ1n) is 11.0. The molecule has 1 N–H and O–H groups in total. The summed E-state index contributed by atoms with van der Waals surface area (Å²) in [6.07, 6.45) is 0.861. The summed E-state index contributed by atoms with van der Waals surface area (Å²) in [5.74, 6) is -0.189. The zero-order chi connectivity index (χ0) is 24.1. The molecule has 2 aromatic carbocycles. The van der Waals surface area contributed by atoms with Gasteiger partial charge in [0.05, 0.1) is 12.1 Å². The molecule has 5 rings (SSSR count). The molecule has 0 spiro atoms. The van der Waals surface area contributed by atoms with Gasteiger partial charge in [-0.2, -0.15) is 13.2 Å². The van der Waals surface area contributed by atoms with Crippen molar-refractivity contribution in [1.82, 2.24) is 10.2 Å². The molecule has 3 aliphatic rings. The Kier molecular flexibility index (Phi) is 5.68. The molecular weight excluding hydrogens is 467 g/mol. The van der Waals surface area contributed by atoms with Crippen LogP contribution in [0.15, 0.2) is 77.7 Å². The van der Waals surface area contributed by atoms with Crippen LogP contribution < -0.4 is 20.0 Å². The molecule has 0 bridgehead atoms. The molecule has 6 nitrogen and oxygen atoms in total. The minimum atomic E-state index is -4.60. The summed E-state index contributed by atoms with van der Waals surface area (Å²) >= 11 is 6.05. The van der Waals surface area contributed by atoms with Crippen LogP contribution in [-0.2, 0) is 0 Å². The molecule has 3 aliphatic heterocycles. The average molecular weight is 490 g/mol. The van der Waals surface area contributed by atoms with Gasteiger partial charge in [-0.3, -0.25) is 4.99 Å². The van der Waals surface area contributed by atoms with Gasteiger partial charge in [-0.15, -0.1) is 5.43 Å². The first kappa shape index (κ1) is 22.9. The summed E-state index contributed by atoms with van der Waals surface area (Å²) in [5, 5.41) is 14.1. The monoisotopic (exact) mass is 489 g/mol. The van der Waals surface area contributed by atoms with Crippen molar-refractivity contribution in [2.75, 3.05) is 22.9 Å². The van der Waals surface area contributed by atoms with E-state index in [9.17, 15) is 18.4 Å². The Morgan fingerprint density at radius 2 is 1.88 bits per heavy atom. The second-order valence-corrected chi connectivity index (χ2v) is 8.95. The molecule has 2 aromatic rings. The van der Waals surface area contributed by atoms with Gasteiger partial charge in [-0.25, -0.2) is 4.76 Å². The van der Waals surface area contributed by atoms with E-state index in [1.54, 1.807) is 23.2 Å². The summed E-state index contributed by atoms with van der Waals surface area (Å²) in [6.45, 7) is 3.67. The number of hydroxylamine groups is 1. The van der Waals surface area contributed by atoms with Crippen LogP contribution in [0.25, 0.3) is 0 Å². The van der Waals surface area contributed by atoms with Crippen molar-refractivity contribution in [2.24, 2.45) is 10.9 Å².